The molecule has 0 saturated carbocycles. The Morgan fingerprint density at radius 2 is 1.69 bits per heavy atom. The molecule has 1 heterocycles. The van der Waals surface area contributed by atoms with Gasteiger partial charge in [-0.05, 0) is 50.1 Å². The monoisotopic (exact) mass is 348 g/mol. The zero-order valence-corrected chi connectivity index (χ0v) is 16.2. The van der Waals surface area contributed by atoms with Gasteiger partial charge in [-0.1, -0.05) is 55.8 Å². The van der Waals surface area contributed by atoms with Crippen molar-refractivity contribution in [3.63, 3.8) is 0 Å². The lowest BCUT2D eigenvalue weighted by Gasteiger charge is -2.24. The second-order valence-electron chi connectivity index (χ2n) is 6.69. The fourth-order valence-electron chi connectivity index (χ4n) is 3.58. The van der Waals surface area contributed by atoms with Crippen LogP contribution in [-0.4, -0.2) is 24.3 Å². The summed E-state index contributed by atoms with van der Waals surface area (Å²) < 4.78 is 0. The molecule has 3 nitrogen and oxygen atoms in total. The maximum atomic E-state index is 12.5. The van der Waals surface area contributed by atoms with Gasteiger partial charge in [0.1, 0.15) is 0 Å². The van der Waals surface area contributed by atoms with Gasteiger partial charge in [-0.25, -0.2) is 0 Å². The molecule has 1 aliphatic rings. The molecule has 2 aromatic carbocycles. The van der Waals surface area contributed by atoms with Gasteiger partial charge < -0.3 is 0 Å². The number of hydrogen-bond donors (Lipinski definition) is 0. The van der Waals surface area contributed by atoms with E-state index in [-0.39, 0.29) is 12.0 Å². The van der Waals surface area contributed by atoms with Gasteiger partial charge in [0.2, 0.25) is 0 Å². The third-order valence-electron chi connectivity index (χ3n) is 4.92. The SMILES string of the molecule is CC.Cc1ccc(CCC2C(=O)CN(C)C2c2ccc(C#N)cc2)cc1. The molecule has 1 aliphatic heterocycles. The number of nitrogens with zero attached hydrogens (tertiary/aromatic N) is 2. The first-order chi connectivity index (χ1) is 12.6. The molecule has 136 valence electrons. The largest absolute Gasteiger partial charge is 0.298 e. The Hall–Kier alpha value is -2.44. The number of hydrogen-bond acceptors (Lipinski definition) is 3. The molecule has 0 aromatic heterocycles. The van der Waals surface area contributed by atoms with Crippen LogP contribution in [-0.2, 0) is 11.2 Å². The van der Waals surface area contributed by atoms with E-state index in [4.69, 9.17) is 5.26 Å². The minimum absolute atomic E-state index is 0.0178. The summed E-state index contributed by atoms with van der Waals surface area (Å²) in [5.41, 5.74) is 4.31. The van der Waals surface area contributed by atoms with E-state index in [1.54, 1.807) is 0 Å². The van der Waals surface area contributed by atoms with E-state index in [9.17, 15) is 4.79 Å². The first-order valence-corrected chi connectivity index (χ1v) is 9.37. The average molecular weight is 348 g/mol. The van der Waals surface area contributed by atoms with Crippen molar-refractivity contribution in [3.05, 3.63) is 70.8 Å². The molecule has 0 spiro atoms. The number of likely N-dealkylation sites (tertiary alicyclic amines) is 1. The summed E-state index contributed by atoms with van der Waals surface area (Å²) in [6, 6.07) is 18.4. The molecular formula is C23H28N2O. The predicted octanol–water partition coefficient (Wildman–Crippen LogP) is 4.70. The highest BCUT2D eigenvalue weighted by Crippen LogP contribution is 2.36. The summed E-state index contributed by atoms with van der Waals surface area (Å²) in [5.74, 6) is 0.336. The maximum absolute atomic E-state index is 12.5. The molecule has 0 amide bonds. The van der Waals surface area contributed by atoms with E-state index < -0.39 is 0 Å². The third kappa shape index (κ3) is 4.59. The van der Waals surface area contributed by atoms with Crippen molar-refractivity contribution >= 4 is 5.78 Å². The molecule has 0 bridgehead atoms. The van der Waals surface area contributed by atoms with Crippen LogP contribution in [0.25, 0.3) is 0 Å². The van der Waals surface area contributed by atoms with E-state index in [0.29, 0.717) is 17.9 Å². The molecular weight excluding hydrogens is 320 g/mol. The van der Waals surface area contributed by atoms with Gasteiger partial charge in [0.25, 0.3) is 0 Å². The third-order valence-corrected chi connectivity index (χ3v) is 4.92. The van der Waals surface area contributed by atoms with Crippen LogP contribution in [0.15, 0.2) is 48.5 Å². The predicted molar refractivity (Wildman–Crippen MR) is 106 cm³/mol. The highest BCUT2D eigenvalue weighted by molar-refractivity contribution is 5.86. The van der Waals surface area contributed by atoms with E-state index >= 15 is 0 Å². The molecule has 2 unspecified atom stereocenters. The highest BCUT2D eigenvalue weighted by Gasteiger charge is 2.39. The number of Topliss-reactive ketones (excluding diaryl/α,β-unsaturated/α-hetero) is 1. The standard InChI is InChI=1S/C21H22N2O.C2H6/c1-15-3-5-16(6-4-15)9-12-19-20(24)14-23(2)21(19)18-10-7-17(13-22)8-11-18;1-2/h3-8,10-11,19,21H,9,12,14H2,1-2H3;1-2H3. The number of rotatable bonds is 4. The Labute approximate surface area is 157 Å². The van der Waals surface area contributed by atoms with Crippen LogP contribution >= 0.6 is 0 Å². The van der Waals surface area contributed by atoms with Gasteiger partial charge in [0.05, 0.1) is 18.2 Å². The van der Waals surface area contributed by atoms with Crippen LogP contribution in [0.5, 0.6) is 0 Å². The van der Waals surface area contributed by atoms with Gasteiger partial charge in [-0.2, -0.15) is 5.26 Å². The summed E-state index contributed by atoms with van der Waals surface area (Å²) in [5, 5.41) is 8.96. The van der Waals surface area contributed by atoms with Crippen LogP contribution in [0.4, 0.5) is 0 Å². The van der Waals surface area contributed by atoms with Crippen LogP contribution in [0.2, 0.25) is 0 Å². The summed E-state index contributed by atoms with van der Waals surface area (Å²) in [4.78, 5) is 14.6. The van der Waals surface area contributed by atoms with Gasteiger partial charge in [0, 0.05) is 12.0 Å². The number of aryl methyl sites for hydroxylation is 2. The number of benzene rings is 2. The first-order valence-electron chi connectivity index (χ1n) is 9.37. The fourth-order valence-corrected chi connectivity index (χ4v) is 3.58. The van der Waals surface area contributed by atoms with Crippen LogP contribution in [0.1, 0.15) is 48.6 Å². The number of nitriles is 1. The van der Waals surface area contributed by atoms with Crippen molar-refractivity contribution in [3.8, 4) is 6.07 Å². The van der Waals surface area contributed by atoms with Gasteiger partial charge >= 0.3 is 0 Å². The summed E-state index contributed by atoms with van der Waals surface area (Å²) in [6.07, 6.45) is 1.77. The highest BCUT2D eigenvalue weighted by atomic mass is 16.1. The topological polar surface area (TPSA) is 44.1 Å². The van der Waals surface area contributed by atoms with Crippen LogP contribution in [0.3, 0.4) is 0 Å². The zero-order chi connectivity index (χ0) is 19.1. The van der Waals surface area contributed by atoms with Crippen molar-refractivity contribution in [2.75, 3.05) is 13.6 Å². The Balaban J connectivity index is 0.00000117. The molecule has 1 saturated heterocycles. The zero-order valence-electron chi connectivity index (χ0n) is 16.2. The van der Waals surface area contributed by atoms with Crippen molar-refractivity contribution < 1.29 is 4.79 Å². The second kappa shape index (κ2) is 9.31. The van der Waals surface area contributed by atoms with Crippen molar-refractivity contribution in [1.29, 1.82) is 5.26 Å². The molecule has 0 radical (unpaired) electrons. The number of ketones is 1. The Kier molecular flexibility index (Phi) is 7.12. The molecule has 3 heteroatoms. The molecule has 0 aliphatic carbocycles. The fraction of sp³-hybridized carbons (Fsp3) is 0.391. The minimum atomic E-state index is 0.0178. The Morgan fingerprint density at radius 3 is 2.27 bits per heavy atom. The van der Waals surface area contributed by atoms with Gasteiger partial charge in [-0.15, -0.1) is 0 Å². The summed E-state index contributed by atoms with van der Waals surface area (Å²) >= 11 is 0. The lowest BCUT2D eigenvalue weighted by molar-refractivity contribution is -0.120. The average Bonchev–Trinajstić information content (AvgIpc) is 2.96. The van der Waals surface area contributed by atoms with Crippen LogP contribution < -0.4 is 0 Å². The molecule has 2 aromatic rings. The molecule has 3 rings (SSSR count). The van der Waals surface area contributed by atoms with Crippen molar-refractivity contribution in [2.24, 2.45) is 5.92 Å². The molecule has 1 fully saturated rings. The van der Waals surface area contributed by atoms with Gasteiger partial charge in [-0.3, -0.25) is 9.69 Å². The van der Waals surface area contributed by atoms with E-state index in [2.05, 4.69) is 42.2 Å². The number of likely N-dealkylation sites (N-methyl/N-ethyl adjacent to an activating group) is 1. The lowest BCUT2D eigenvalue weighted by Crippen LogP contribution is -2.21. The number of carbonyl (C=O) groups excluding carboxylic acids is 1. The van der Waals surface area contributed by atoms with E-state index in [1.807, 2.05) is 45.2 Å². The Bertz CT molecular complexity index is 756. The quantitative estimate of drug-likeness (QED) is 0.804. The Morgan fingerprint density at radius 1 is 1.08 bits per heavy atom. The molecule has 2 atom stereocenters. The smallest absolute Gasteiger partial charge is 0.151 e. The molecule has 26 heavy (non-hydrogen) atoms. The van der Waals surface area contributed by atoms with Crippen LogP contribution in [0, 0.1) is 24.2 Å². The van der Waals surface area contributed by atoms with Crippen molar-refractivity contribution in [1.82, 2.24) is 4.90 Å². The maximum Gasteiger partial charge on any atom is 0.151 e. The lowest BCUT2D eigenvalue weighted by atomic mass is 9.87. The van der Waals surface area contributed by atoms with Gasteiger partial charge in [0.15, 0.2) is 5.78 Å². The summed E-state index contributed by atoms with van der Waals surface area (Å²) in [7, 11) is 2.01. The minimum Gasteiger partial charge on any atom is -0.298 e. The first kappa shape index (κ1) is 19.9. The van der Waals surface area contributed by atoms with E-state index in [1.165, 1.54) is 11.1 Å². The second-order valence-corrected chi connectivity index (χ2v) is 6.69. The summed E-state index contributed by atoms with van der Waals surface area (Å²) in [6.45, 7) is 6.59. The van der Waals surface area contributed by atoms with Crippen molar-refractivity contribution in [2.45, 2.75) is 39.7 Å². The normalized spacial score (nSPS) is 19.6. The van der Waals surface area contributed by atoms with E-state index in [0.717, 1.165) is 18.4 Å². The number of carbonyl (C=O) groups is 1. The molecule has 0 N–H and O–H groups in total.